The number of carbonyl (C=O) groups excluding carboxylic acids is 1. The molecule has 1 atom stereocenters. The summed E-state index contributed by atoms with van der Waals surface area (Å²) in [5.74, 6) is -3.54. The van der Waals surface area contributed by atoms with Crippen molar-refractivity contribution in [2.24, 2.45) is 0 Å². The van der Waals surface area contributed by atoms with Gasteiger partial charge in [-0.2, -0.15) is 10.2 Å². The summed E-state index contributed by atoms with van der Waals surface area (Å²) in [6, 6.07) is 3.52. The number of likely N-dealkylation sites (N-methyl/N-ethyl adjacent to an activating group) is 1. The van der Waals surface area contributed by atoms with Crippen LogP contribution in [0, 0.1) is 5.82 Å². The molecule has 0 spiro atoms. The van der Waals surface area contributed by atoms with Gasteiger partial charge in [-0.05, 0) is 32.0 Å². The maximum Gasteiger partial charge on any atom is 0.272 e. The molecule has 0 saturated heterocycles. The molecule has 0 aliphatic heterocycles. The highest BCUT2D eigenvalue weighted by atomic mass is 19.3. The number of aromatic nitrogens is 5. The van der Waals surface area contributed by atoms with Crippen LogP contribution in [0.25, 0.3) is 5.82 Å². The Morgan fingerprint density at radius 3 is 2.52 bits per heavy atom. The molecular formula is C20H22F3N7O. The van der Waals surface area contributed by atoms with Gasteiger partial charge >= 0.3 is 0 Å². The van der Waals surface area contributed by atoms with Crippen LogP contribution in [0.3, 0.4) is 0 Å². The monoisotopic (exact) mass is 433 g/mol. The first kappa shape index (κ1) is 22.2. The number of hydrogen-bond acceptors (Lipinski definition) is 6. The van der Waals surface area contributed by atoms with Gasteiger partial charge in [0.1, 0.15) is 11.6 Å². The highest BCUT2D eigenvalue weighted by Gasteiger charge is 2.26. The van der Waals surface area contributed by atoms with E-state index in [1.54, 1.807) is 6.92 Å². The van der Waals surface area contributed by atoms with Crippen molar-refractivity contribution in [3.8, 4) is 5.82 Å². The zero-order chi connectivity index (χ0) is 22.6. The molecule has 3 heterocycles. The van der Waals surface area contributed by atoms with E-state index in [0.29, 0.717) is 18.9 Å². The van der Waals surface area contributed by atoms with E-state index < -0.39 is 17.6 Å². The van der Waals surface area contributed by atoms with Crippen molar-refractivity contribution in [1.82, 2.24) is 29.9 Å². The van der Waals surface area contributed by atoms with Crippen LogP contribution in [0.5, 0.6) is 0 Å². The second-order valence-corrected chi connectivity index (χ2v) is 6.98. The summed E-state index contributed by atoms with van der Waals surface area (Å²) < 4.78 is 40.5. The van der Waals surface area contributed by atoms with Gasteiger partial charge in [-0.1, -0.05) is 0 Å². The molecule has 1 amide bonds. The molecule has 31 heavy (non-hydrogen) atoms. The molecule has 0 aromatic carbocycles. The topological polar surface area (TPSA) is 88.8 Å². The second-order valence-electron chi connectivity index (χ2n) is 6.98. The van der Waals surface area contributed by atoms with Crippen LogP contribution in [0.1, 0.15) is 36.7 Å². The number of pyridine rings is 2. The molecule has 11 heteroatoms. The van der Waals surface area contributed by atoms with E-state index in [4.69, 9.17) is 0 Å². The van der Waals surface area contributed by atoms with Gasteiger partial charge < -0.3 is 10.2 Å². The Labute approximate surface area is 177 Å². The third-order valence-corrected chi connectivity index (χ3v) is 4.65. The summed E-state index contributed by atoms with van der Waals surface area (Å²) in [5, 5.41) is 11.0. The summed E-state index contributed by atoms with van der Waals surface area (Å²) in [6.07, 6.45) is 4.95. The van der Waals surface area contributed by atoms with Crippen molar-refractivity contribution in [1.29, 1.82) is 0 Å². The Bertz CT molecular complexity index is 1020. The van der Waals surface area contributed by atoms with Gasteiger partial charge in [0.15, 0.2) is 5.82 Å². The van der Waals surface area contributed by atoms with Crippen LogP contribution >= 0.6 is 0 Å². The number of nitrogens with zero attached hydrogens (tertiary/aromatic N) is 6. The second kappa shape index (κ2) is 9.11. The lowest BCUT2D eigenvalue weighted by atomic mass is 10.1. The van der Waals surface area contributed by atoms with E-state index in [1.165, 1.54) is 29.4 Å². The first-order valence-electron chi connectivity index (χ1n) is 9.62. The maximum absolute atomic E-state index is 13.8. The predicted molar refractivity (Wildman–Crippen MR) is 108 cm³/mol. The molecule has 0 aliphatic rings. The molecule has 0 saturated carbocycles. The molecule has 3 aromatic heterocycles. The minimum Gasteiger partial charge on any atom is -0.368 e. The lowest BCUT2D eigenvalue weighted by molar-refractivity contribution is 0.0171. The maximum atomic E-state index is 13.8. The van der Waals surface area contributed by atoms with E-state index in [0.717, 1.165) is 30.2 Å². The first-order valence-corrected chi connectivity index (χ1v) is 9.62. The molecule has 0 unspecified atom stereocenters. The highest BCUT2D eigenvalue weighted by Crippen LogP contribution is 2.26. The largest absolute Gasteiger partial charge is 0.368 e. The third kappa shape index (κ3) is 5.16. The highest BCUT2D eigenvalue weighted by molar-refractivity contribution is 5.97. The van der Waals surface area contributed by atoms with Crippen molar-refractivity contribution in [2.45, 2.75) is 32.7 Å². The van der Waals surface area contributed by atoms with E-state index in [9.17, 15) is 18.0 Å². The summed E-state index contributed by atoms with van der Waals surface area (Å²) in [5.41, 5.74) is -0.160. The fourth-order valence-corrected chi connectivity index (χ4v) is 3.00. The van der Waals surface area contributed by atoms with Crippen LogP contribution in [0.2, 0.25) is 0 Å². The number of anilines is 1. The van der Waals surface area contributed by atoms with Crippen molar-refractivity contribution in [3.05, 3.63) is 59.9 Å². The van der Waals surface area contributed by atoms with Crippen LogP contribution in [-0.2, 0) is 5.92 Å². The first-order chi connectivity index (χ1) is 14.7. The van der Waals surface area contributed by atoms with Gasteiger partial charge in [-0.3, -0.25) is 4.79 Å². The summed E-state index contributed by atoms with van der Waals surface area (Å²) in [7, 11) is 0. The number of halogens is 3. The van der Waals surface area contributed by atoms with Gasteiger partial charge in [-0.15, -0.1) is 4.80 Å². The van der Waals surface area contributed by atoms with Crippen LogP contribution in [-0.4, -0.2) is 54.9 Å². The Morgan fingerprint density at radius 1 is 1.23 bits per heavy atom. The van der Waals surface area contributed by atoms with Gasteiger partial charge in [0, 0.05) is 37.8 Å². The summed E-state index contributed by atoms with van der Waals surface area (Å²) in [6.45, 7) is 5.05. The minimum absolute atomic E-state index is 0.0255. The zero-order valence-electron chi connectivity index (χ0n) is 17.3. The Balaban J connectivity index is 1.74. The molecule has 3 rings (SSSR count). The van der Waals surface area contributed by atoms with Gasteiger partial charge in [0.25, 0.3) is 11.8 Å². The van der Waals surface area contributed by atoms with Crippen LogP contribution < -0.4 is 5.32 Å². The SMILES string of the molecule is CCN(C(=O)c1cc(F)cnc1-n1nccn1)[C@@H](C)CNc1ccc(C(C)(F)F)cn1. The van der Waals surface area contributed by atoms with Crippen LogP contribution in [0.4, 0.5) is 19.0 Å². The van der Waals surface area contributed by atoms with Crippen molar-refractivity contribution in [2.75, 3.05) is 18.4 Å². The number of amides is 1. The Kier molecular flexibility index (Phi) is 6.52. The van der Waals surface area contributed by atoms with E-state index in [2.05, 4.69) is 25.5 Å². The predicted octanol–water partition coefficient (Wildman–Crippen LogP) is 3.27. The normalized spacial score (nSPS) is 12.5. The van der Waals surface area contributed by atoms with Gasteiger partial charge in [0.2, 0.25) is 0 Å². The summed E-state index contributed by atoms with van der Waals surface area (Å²) in [4.78, 5) is 23.8. The number of alkyl halides is 2. The average Bonchev–Trinajstić information content (AvgIpc) is 3.27. The fraction of sp³-hybridized carbons (Fsp3) is 0.350. The Morgan fingerprint density at radius 2 is 1.94 bits per heavy atom. The quantitative estimate of drug-likeness (QED) is 0.587. The number of nitrogens with one attached hydrogen (secondary N) is 1. The minimum atomic E-state index is -2.97. The van der Waals surface area contributed by atoms with E-state index >= 15 is 0 Å². The molecule has 1 N–H and O–H groups in total. The standard InChI is InChI=1S/C20H22F3N7O/c1-4-29(13(2)10-24-17-6-5-14(11-25-17)20(3,22)23)19(31)16-9-15(21)12-26-18(16)30-27-7-8-28-30/h5-9,11-13H,4,10H2,1-3H3,(H,24,25)/t13-/m0/s1. The van der Waals surface area contributed by atoms with Crippen molar-refractivity contribution < 1.29 is 18.0 Å². The smallest absolute Gasteiger partial charge is 0.272 e. The fourth-order valence-electron chi connectivity index (χ4n) is 3.00. The molecule has 3 aromatic rings. The number of carbonyl (C=O) groups is 1. The van der Waals surface area contributed by atoms with Gasteiger partial charge in [0.05, 0.1) is 24.2 Å². The van der Waals surface area contributed by atoms with E-state index in [-0.39, 0.29) is 23.0 Å². The summed E-state index contributed by atoms with van der Waals surface area (Å²) >= 11 is 0. The number of hydrogen-bond donors (Lipinski definition) is 1. The van der Waals surface area contributed by atoms with Crippen molar-refractivity contribution >= 4 is 11.7 Å². The van der Waals surface area contributed by atoms with E-state index in [1.807, 2.05) is 6.92 Å². The van der Waals surface area contributed by atoms with Crippen molar-refractivity contribution in [3.63, 3.8) is 0 Å². The molecule has 0 aliphatic carbocycles. The Hall–Kier alpha value is -3.50. The third-order valence-electron chi connectivity index (χ3n) is 4.65. The number of rotatable bonds is 8. The molecule has 8 nitrogen and oxygen atoms in total. The molecule has 0 radical (unpaired) electrons. The zero-order valence-corrected chi connectivity index (χ0v) is 17.3. The molecular weight excluding hydrogens is 411 g/mol. The molecule has 0 fully saturated rings. The molecule has 0 bridgehead atoms. The lowest BCUT2D eigenvalue weighted by Gasteiger charge is -2.29. The van der Waals surface area contributed by atoms with Gasteiger partial charge in [-0.25, -0.2) is 23.1 Å². The average molecular weight is 433 g/mol. The lowest BCUT2D eigenvalue weighted by Crippen LogP contribution is -2.42. The molecule has 164 valence electrons. The van der Waals surface area contributed by atoms with Crippen LogP contribution in [0.15, 0.2) is 43.0 Å².